The van der Waals surface area contributed by atoms with E-state index >= 15 is 0 Å². The Kier molecular flexibility index (Phi) is 4.17. The number of nitro groups is 1. The smallest absolute Gasteiger partial charge is 0.351 e. The predicted octanol–water partition coefficient (Wildman–Crippen LogP) is 1.39. The first-order valence-electron chi connectivity index (χ1n) is 5.48. The molecular formula is C12H13N3O4. The SMILES string of the molecule is CC(C)(C)OC(=O)/C(C#N)=C1/C=CC([N+](=O)[O-])C=N1. The number of carbonyl (C=O) groups is 1. The van der Waals surface area contributed by atoms with Gasteiger partial charge >= 0.3 is 5.97 Å². The lowest BCUT2D eigenvalue weighted by Crippen LogP contribution is -2.25. The van der Waals surface area contributed by atoms with E-state index in [-0.39, 0.29) is 11.3 Å². The van der Waals surface area contributed by atoms with Gasteiger partial charge in [0.15, 0.2) is 5.57 Å². The van der Waals surface area contributed by atoms with Crippen molar-refractivity contribution in [2.45, 2.75) is 32.4 Å². The van der Waals surface area contributed by atoms with Crippen LogP contribution in [0.1, 0.15) is 20.8 Å². The minimum atomic E-state index is -1.04. The molecule has 100 valence electrons. The maximum Gasteiger partial charge on any atom is 0.351 e. The van der Waals surface area contributed by atoms with Crippen molar-refractivity contribution in [1.29, 1.82) is 5.26 Å². The van der Waals surface area contributed by atoms with Crippen molar-refractivity contribution < 1.29 is 14.5 Å². The normalized spacial score (nSPS) is 20.6. The molecule has 0 saturated carbocycles. The molecule has 0 fully saturated rings. The van der Waals surface area contributed by atoms with E-state index in [1.165, 1.54) is 12.2 Å². The van der Waals surface area contributed by atoms with Gasteiger partial charge in [-0.05, 0) is 32.9 Å². The summed E-state index contributed by atoms with van der Waals surface area (Å²) in [6.07, 6.45) is 3.59. The Morgan fingerprint density at radius 1 is 1.58 bits per heavy atom. The minimum Gasteiger partial charge on any atom is -0.456 e. The number of carbonyl (C=O) groups excluding carboxylic acids is 1. The van der Waals surface area contributed by atoms with Crippen LogP contribution < -0.4 is 0 Å². The van der Waals surface area contributed by atoms with Crippen LogP contribution in [0.25, 0.3) is 0 Å². The van der Waals surface area contributed by atoms with E-state index in [9.17, 15) is 14.9 Å². The average molecular weight is 263 g/mol. The molecule has 0 radical (unpaired) electrons. The maximum absolute atomic E-state index is 11.8. The Labute approximate surface area is 110 Å². The molecular weight excluding hydrogens is 250 g/mol. The molecule has 1 unspecified atom stereocenters. The quantitative estimate of drug-likeness (QED) is 0.246. The third kappa shape index (κ3) is 4.03. The highest BCUT2D eigenvalue weighted by atomic mass is 16.6. The van der Waals surface area contributed by atoms with Gasteiger partial charge in [-0.1, -0.05) is 0 Å². The van der Waals surface area contributed by atoms with Crippen LogP contribution in [0, 0.1) is 21.4 Å². The molecule has 0 aromatic carbocycles. The molecule has 1 rings (SSSR count). The highest BCUT2D eigenvalue weighted by Crippen LogP contribution is 2.17. The zero-order valence-corrected chi connectivity index (χ0v) is 10.8. The van der Waals surface area contributed by atoms with Gasteiger partial charge < -0.3 is 4.74 Å². The predicted molar refractivity (Wildman–Crippen MR) is 66.9 cm³/mol. The fraction of sp³-hybridized carbons (Fsp3) is 0.417. The van der Waals surface area contributed by atoms with Crippen molar-refractivity contribution in [2.75, 3.05) is 0 Å². The number of ether oxygens (including phenoxy) is 1. The summed E-state index contributed by atoms with van der Waals surface area (Å²) >= 11 is 0. The number of nitrogens with zero attached hydrogens (tertiary/aromatic N) is 3. The van der Waals surface area contributed by atoms with Crippen molar-refractivity contribution in [1.82, 2.24) is 0 Å². The number of hydrogen-bond acceptors (Lipinski definition) is 6. The van der Waals surface area contributed by atoms with Gasteiger partial charge in [-0.2, -0.15) is 5.26 Å². The Morgan fingerprint density at radius 2 is 2.21 bits per heavy atom. The van der Waals surface area contributed by atoms with Crippen molar-refractivity contribution >= 4 is 12.2 Å². The van der Waals surface area contributed by atoms with Crippen LogP contribution in [0.3, 0.4) is 0 Å². The van der Waals surface area contributed by atoms with E-state index in [0.717, 1.165) is 6.21 Å². The fourth-order valence-electron chi connectivity index (χ4n) is 1.25. The van der Waals surface area contributed by atoms with Crippen LogP contribution in [0.15, 0.2) is 28.4 Å². The van der Waals surface area contributed by atoms with Gasteiger partial charge in [0.05, 0.1) is 11.9 Å². The van der Waals surface area contributed by atoms with Crippen molar-refractivity contribution in [3.63, 3.8) is 0 Å². The van der Waals surface area contributed by atoms with Gasteiger partial charge in [-0.15, -0.1) is 0 Å². The molecule has 1 aliphatic heterocycles. The maximum atomic E-state index is 11.8. The van der Waals surface area contributed by atoms with E-state index in [0.29, 0.717) is 0 Å². The summed E-state index contributed by atoms with van der Waals surface area (Å²) in [6.45, 7) is 5.02. The van der Waals surface area contributed by atoms with Crippen LogP contribution in [-0.4, -0.2) is 28.8 Å². The van der Waals surface area contributed by atoms with Gasteiger partial charge in [-0.25, -0.2) is 4.79 Å². The summed E-state index contributed by atoms with van der Waals surface area (Å²) in [5.41, 5.74) is -0.940. The molecule has 7 nitrogen and oxygen atoms in total. The third-order valence-electron chi connectivity index (χ3n) is 2.03. The molecule has 0 aliphatic carbocycles. The lowest BCUT2D eigenvalue weighted by molar-refractivity contribution is -0.489. The van der Waals surface area contributed by atoms with Crippen molar-refractivity contribution in [3.05, 3.63) is 33.5 Å². The topological polar surface area (TPSA) is 106 Å². The first-order valence-corrected chi connectivity index (χ1v) is 5.48. The van der Waals surface area contributed by atoms with Gasteiger partial charge in [-0.3, -0.25) is 15.1 Å². The molecule has 19 heavy (non-hydrogen) atoms. The second kappa shape index (κ2) is 5.44. The number of dihydropyridines is 1. The number of rotatable bonds is 2. The van der Waals surface area contributed by atoms with Gasteiger partial charge in [0, 0.05) is 4.92 Å². The Bertz CT molecular complexity index is 516. The molecule has 0 saturated heterocycles. The van der Waals surface area contributed by atoms with Crippen LogP contribution in [0.5, 0.6) is 0 Å². The number of aliphatic imine (C=N–C) groups is 1. The molecule has 0 aromatic heterocycles. The summed E-state index contributed by atoms with van der Waals surface area (Å²) in [5, 5.41) is 19.5. The number of allylic oxidation sites excluding steroid dienone is 1. The van der Waals surface area contributed by atoms with Crippen LogP contribution >= 0.6 is 0 Å². The summed E-state index contributed by atoms with van der Waals surface area (Å²) in [6, 6.07) is 0.669. The molecule has 1 heterocycles. The monoisotopic (exact) mass is 263 g/mol. The molecule has 1 aliphatic rings. The lowest BCUT2D eigenvalue weighted by atomic mass is 10.1. The highest BCUT2D eigenvalue weighted by molar-refractivity contribution is 5.95. The summed E-state index contributed by atoms with van der Waals surface area (Å²) in [7, 11) is 0. The fourth-order valence-corrected chi connectivity index (χ4v) is 1.25. The molecule has 0 bridgehead atoms. The molecule has 0 spiro atoms. The summed E-state index contributed by atoms with van der Waals surface area (Å²) < 4.78 is 5.06. The standard InChI is InChI=1S/C12H13N3O4/c1-12(2,3)19-11(16)9(6-13)10-5-4-8(7-14-10)15(17)18/h4-5,7-8H,1-3H3/b10-9-. The summed E-state index contributed by atoms with van der Waals surface area (Å²) in [5.74, 6) is -0.800. The van der Waals surface area contributed by atoms with E-state index in [4.69, 9.17) is 10.00 Å². The number of hydrogen-bond donors (Lipinski definition) is 0. The van der Waals surface area contributed by atoms with Crippen LogP contribution in [0.2, 0.25) is 0 Å². The zero-order chi connectivity index (χ0) is 14.6. The van der Waals surface area contributed by atoms with E-state index in [2.05, 4.69) is 4.99 Å². The van der Waals surface area contributed by atoms with Crippen LogP contribution in [0.4, 0.5) is 0 Å². The van der Waals surface area contributed by atoms with E-state index in [1.54, 1.807) is 26.8 Å². The largest absolute Gasteiger partial charge is 0.456 e. The van der Waals surface area contributed by atoms with Gasteiger partial charge in [0.25, 0.3) is 6.04 Å². The van der Waals surface area contributed by atoms with Gasteiger partial charge in [0.1, 0.15) is 11.7 Å². The average Bonchev–Trinajstić information content (AvgIpc) is 2.28. The Hall–Kier alpha value is -2.49. The second-order valence-electron chi connectivity index (χ2n) is 4.79. The Morgan fingerprint density at radius 3 is 2.58 bits per heavy atom. The van der Waals surface area contributed by atoms with E-state index < -0.39 is 22.5 Å². The van der Waals surface area contributed by atoms with Gasteiger partial charge in [0.2, 0.25) is 0 Å². The van der Waals surface area contributed by atoms with Crippen molar-refractivity contribution in [3.8, 4) is 6.07 Å². The number of nitriles is 1. The van der Waals surface area contributed by atoms with E-state index in [1.807, 2.05) is 0 Å². The van der Waals surface area contributed by atoms with Crippen molar-refractivity contribution in [2.24, 2.45) is 4.99 Å². The first kappa shape index (κ1) is 14.6. The third-order valence-corrected chi connectivity index (χ3v) is 2.03. The number of esters is 1. The minimum absolute atomic E-state index is 0.0647. The Balaban J connectivity index is 2.99. The second-order valence-corrected chi connectivity index (χ2v) is 4.79. The molecule has 0 N–H and O–H groups in total. The highest BCUT2D eigenvalue weighted by Gasteiger charge is 2.24. The molecule has 7 heteroatoms. The zero-order valence-electron chi connectivity index (χ0n) is 10.8. The molecule has 1 atom stereocenters. The van der Waals surface area contributed by atoms with Crippen LogP contribution in [-0.2, 0) is 9.53 Å². The molecule has 0 aromatic rings. The molecule has 0 amide bonds. The summed E-state index contributed by atoms with van der Waals surface area (Å²) in [4.78, 5) is 25.5. The lowest BCUT2D eigenvalue weighted by Gasteiger charge is -2.19. The first-order chi connectivity index (χ1) is 8.74.